The van der Waals surface area contributed by atoms with Crippen LogP contribution in [0.1, 0.15) is 60.8 Å². The van der Waals surface area contributed by atoms with Crippen LogP contribution in [0, 0.1) is 12.8 Å². The molecule has 2 fully saturated rings. The molecular weight excluding hydrogens is 310 g/mol. The van der Waals surface area contributed by atoms with Gasteiger partial charge in [0.1, 0.15) is 0 Å². The quantitative estimate of drug-likeness (QED) is 0.850. The molecule has 4 nitrogen and oxygen atoms in total. The molecule has 1 amide bonds. The van der Waals surface area contributed by atoms with E-state index in [2.05, 4.69) is 47.4 Å². The van der Waals surface area contributed by atoms with Gasteiger partial charge in [-0.3, -0.25) is 9.48 Å². The Balaban J connectivity index is 1.54. The number of carbonyl (C=O) groups is 1. The molecule has 2 heterocycles. The zero-order valence-electron chi connectivity index (χ0n) is 15.2. The molecule has 2 aliphatic rings. The van der Waals surface area contributed by atoms with Crippen LogP contribution in [0.5, 0.6) is 0 Å². The van der Waals surface area contributed by atoms with Gasteiger partial charge in [-0.2, -0.15) is 5.10 Å². The van der Waals surface area contributed by atoms with E-state index in [1.54, 1.807) is 0 Å². The molecule has 1 saturated heterocycles. The third kappa shape index (κ3) is 3.35. The van der Waals surface area contributed by atoms with Crippen LogP contribution in [0.4, 0.5) is 0 Å². The molecule has 132 valence electrons. The third-order valence-corrected chi connectivity index (χ3v) is 5.72. The van der Waals surface area contributed by atoms with Crippen LogP contribution in [0.25, 0.3) is 0 Å². The van der Waals surface area contributed by atoms with Crippen molar-refractivity contribution < 1.29 is 4.79 Å². The van der Waals surface area contributed by atoms with Crippen molar-refractivity contribution in [3.63, 3.8) is 0 Å². The van der Waals surface area contributed by atoms with E-state index in [1.807, 2.05) is 17.9 Å². The average Bonchev–Trinajstić information content (AvgIpc) is 3.34. The fourth-order valence-corrected chi connectivity index (χ4v) is 4.28. The van der Waals surface area contributed by atoms with E-state index in [1.165, 1.54) is 29.5 Å². The van der Waals surface area contributed by atoms with Gasteiger partial charge in [0.2, 0.25) is 5.91 Å². The Morgan fingerprint density at radius 2 is 2.08 bits per heavy atom. The number of aryl methyl sites for hydroxylation is 2. The molecule has 25 heavy (non-hydrogen) atoms. The lowest BCUT2D eigenvalue weighted by atomic mass is 9.98. The predicted molar refractivity (Wildman–Crippen MR) is 98.2 cm³/mol. The summed E-state index contributed by atoms with van der Waals surface area (Å²) in [6, 6.07) is 8.93. The Hall–Kier alpha value is -2.10. The van der Waals surface area contributed by atoms with E-state index in [0.29, 0.717) is 11.8 Å². The van der Waals surface area contributed by atoms with E-state index < -0.39 is 0 Å². The highest BCUT2D eigenvalue weighted by molar-refractivity contribution is 5.83. The van der Waals surface area contributed by atoms with Crippen molar-refractivity contribution in [3.8, 4) is 0 Å². The van der Waals surface area contributed by atoms with Gasteiger partial charge < -0.3 is 4.90 Å². The van der Waals surface area contributed by atoms with E-state index in [0.717, 1.165) is 25.8 Å². The number of benzene rings is 1. The number of nitrogens with zero attached hydrogens (tertiary/aromatic N) is 3. The van der Waals surface area contributed by atoms with Crippen molar-refractivity contribution in [1.82, 2.24) is 14.7 Å². The second-order valence-electron chi connectivity index (χ2n) is 7.71. The summed E-state index contributed by atoms with van der Waals surface area (Å²) < 4.78 is 1.83. The van der Waals surface area contributed by atoms with Crippen LogP contribution < -0.4 is 0 Å². The Morgan fingerprint density at radius 3 is 2.84 bits per heavy atom. The van der Waals surface area contributed by atoms with Crippen molar-refractivity contribution in [3.05, 3.63) is 53.3 Å². The number of carbonyl (C=O) groups excluding carboxylic acids is 1. The van der Waals surface area contributed by atoms with Gasteiger partial charge in [-0.25, -0.2) is 0 Å². The molecule has 3 atom stereocenters. The van der Waals surface area contributed by atoms with Gasteiger partial charge in [0, 0.05) is 25.7 Å². The topological polar surface area (TPSA) is 38.1 Å². The van der Waals surface area contributed by atoms with Gasteiger partial charge in [0.05, 0.1) is 12.2 Å². The van der Waals surface area contributed by atoms with Crippen LogP contribution in [-0.2, 0) is 11.8 Å². The summed E-state index contributed by atoms with van der Waals surface area (Å²) in [6.45, 7) is 3.03. The zero-order valence-corrected chi connectivity index (χ0v) is 15.2. The number of rotatable bonds is 3. The van der Waals surface area contributed by atoms with Crippen LogP contribution in [-0.4, -0.2) is 27.1 Å². The molecule has 4 rings (SSSR count). The smallest absolute Gasteiger partial charge is 0.226 e. The maximum atomic E-state index is 13.3. The first kappa shape index (κ1) is 16.4. The number of likely N-dealkylation sites (tertiary alicyclic amines) is 1. The second-order valence-corrected chi connectivity index (χ2v) is 7.71. The van der Waals surface area contributed by atoms with Crippen LogP contribution in [0.15, 0.2) is 36.7 Å². The van der Waals surface area contributed by atoms with Crippen LogP contribution in [0.3, 0.4) is 0 Å². The fourth-order valence-electron chi connectivity index (χ4n) is 4.28. The van der Waals surface area contributed by atoms with Crippen LogP contribution in [0.2, 0.25) is 0 Å². The van der Waals surface area contributed by atoms with Crippen molar-refractivity contribution >= 4 is 5.91 Å². The average molecular weight is 337 g/mol. The number of aromatic nitrogens is 2. The van der Waals surface area contributed by atoms with Gasteiger partial charge in [0.15, 0.2) is 0 Å². The van der Waals surface area contributed by atoms with Gasteiger partial charge in [-0.15, -0.1) is 0 Å². The summed E-state index contributed by atoms with van der Waals surface area (Å²) in [7, 11) is 1.94. The first-order valence-electron chi connectivity index (χ1n) is 9.49. The SMILES string of the molecule is Cc1cccc(C2CCCCCN2C(=O)C2CC2c2cnn(C)c2)c1. The van der Waals surface area contributed by atoms with Gasteiger partial charge in [-0.05, 0) is 43.2 Å². The maximum absolute atomic E-state index is 13.3. The molecule has 0 spiro atoms. The summed E-state index contributed by atoms with van der Waals surface area (Å²) in [4.78, 5) is 15.5. The lowest BCUT2D eigenvalue weighted by molar-refractivity contribution is -0.135. The first-order chi connectivity index (χ1) is 12.1. The predicted octanol–water partition coefficient (Wildman–Crippen LogP) is 3.98. The number of hydrogen-bond acceptors (Lipinski definition) is 2. The summed E-state index contributed by atoms with van der Waals surface area (Å²) in [6.07, 6.45) is 9.58. The summed E-state index contributed by atoms with van der Waals surface area (Å²) in [5, 5.41) is 4.26. The van der Waals surface area contributed by atoms with Gasteiger partial charge in [0.25, 0.3) is 0 Å². The van der Waals surface area contributed by atoms with Gasteiger partial charge >= 0.3 is 0 Å². The van der Waals surface area contributed by atoms with Crippen molar-refractivity contribution in [2.45, 2.75) is 51.0 Å². The van der Waals surface area contributed by atoms with E-state index >= 15 is 0 Å². The van der Waals surface area contributed by atoms with E-state index in [4.69, 9.17) is 0 Å². The Morgan fingerprint density at radius 1 is 1.20 bits per heavy atom. The third-order valence-electron chi connectivity index (χ3n) is 5.72. The summed E-state index contributed by atoms with van der Waals surface area (Å²) >= 11 is 0. The molecule has 3 unspecified atom stereocenters. The fraction of sp³-hybridized carbons (Fsp3) is 0.524. The monoisotopic (exact) mass is 337 g/mol. The second kappa shape index (κ2) is 6.66. The maximum Gasteiger partial charge on any atom is 0.226 e. The number of hydrogen-bond donors (Lipinski definition) is 0. The molecule has 1 aliphatic carbocycles. The minimum absolute atomic E-state index is 0.148. The molecule has 1 aromatic carbocycles. The molecule has 0 N–H and O–H groups in total. The molecule has 0 bridgehead atoms. The van der Waals surface area contributed by atoms with Gasteiger partial charge in [-0.1, -0.05) is 42.7 Å². The van der Waals surface area contributed by atoms with Crippen molar-refractivity contribution in [1.29, 1.82) is 0 Å². The highest BCUT2D eigenvalue weighted by Gasteiger charge is 2.47. The Bertz CT molecular complexity index is 766. The lowest BCUT2D eigenvalue weighted by Gasteiger charge is -2.31. The lowest BCUT2D eigenvalue weighted by Crippen LogP contribution is -2.36. The molecule has 1 saturated carbocycles. The van der Waals surface area contributed by atoms with Crippen LogP contribution >= 0.6 is 0 Å². The Kier molecular flexibility index (Phi) is 4.36. The molecular formula is C21H27N3O. The van der Waals surface area contributed by atoms with E-state index in [9.17, 15) is 4.79 Å². The summed E-state index contributed by atoms with van der Waals surface area (Å²) in [5.74, 6) is 0.861. The molecule has 2 aromatic rings. The minimum Gasteiger partial charge on any atom is -0.335 e. The zero-order chi connectivity index (χ0) is 17.4. The van der Waals surface area contributed by atoms with Crippen molar-refractivity contribution in [2.24, 2.45) is 13.0 Å². The number of amides is 1. The normalized spacial score (nSPS) is 26.3. The van der Waals surface area contributed by atoms with E-state index in [-0.39, 0.29) is 12.0 Å². The first-order valence-corrected chi connectivity index (χ1v) is 9.49. The molecule has 4 heteroatoms. The molecule has 0 radical (unpaired) electrons. The molecule has 1 aliphatic heterocycles. The Labute approximate surface area is 149 Å². The largest absolute Gasteiger partial charge is 0.335 e. The van der Waals surface area contributed by atoms with Crippen molar-refractivity contribution in [2.75, 3.05) is 6.54 Å². The highest BCUT2D eigenvalue weighted by atomic mass is 16.2. The minimum atomic E-state index is 0.148. The standard InChI is InChI=1S/C21H27N3O/c1-15-7-6-8-16(11-15)20-9-4-3-5-10-24(20)21(25)19-12-18(19)17-13-22-23(2)14-17/h6-8,11,13-14,18-20H,3-5,9-10,12H2,1-2H3. The summed E-state index contributed by atoms with van der Waals surface area (Å²) in [5.41, 5.74) is 3.78. The highest BCUT2D eigenvalue weighted by Crippen LogP contribution is 2.49. The molecule has 1 aromatic heterocycles.